The Hall–Kier alpha value is -1.88. The number of carbonyl (C=O) groups is 2. The van der Waals surface area contributed by atoms with Gasteiger partial charge in [0.1, 0.15) is 5.54 Å². The second-order valence-corrected chi connectivity index (χ2v) is 5.47. The highest BCUT2D eigenvalue weighted by Gasteiger charge is 2.48. The molecule has 1 unspecified atom stereocenters. The Morgan fingerprint density at radius 1 is 1.35 bits per heavy atom. The Labute approximate surface area is 118 Å². The van der Waals surface area contributed by atoms with Gasteiger partial charge in [0.15, 0.2) is 0 Å². The van der Waals surface area contributed by atoms with Crippen molar-refractivity contribution in [2.75, 3.05) is 6.54 Å². The molecule has 5 heteroatoms. The molecule has 0 aromatic heterocycles. The Morgan fingerprint density at radius 2 is 1.95 bits per heavy atom. The number of carbonyl (C=O) groups excluding carboxylic acids is 1. The molecule has 2 rings (SSSR count). The van der Waals surface area contributed by atoms with E-state index in [0.717, 1.165) is 24.8 Å². The molecule has 1 aromatic carbocycles. The fraction of sp³-hybridized carbons (Fsp3) is 0.467. The minimum atomic E-state index is -1.17. The Balaban J connectivity index is 2.09. The summed E-state index contributed by atoms with van der Waals surface area (Å²) in [5.74, 6) is -1.30. The highest BCUT2D eigenvalue weighted by molar-refractivity contribution is 5.98. The van der Waals surface area contributed by atoms with Crippen molar-refractivity contribution in [1.82, 2.24) is 5.32 Å². The van der Waals surface area contributed by atoms with E-state index in [0.29, 0.717) is 12.1 Å². The van der Waals surface area contributed by atoms with Crippen LogP contribution in [0.3, 0.4) is 0 Å². The summed E-state index contributed by atoms with van der Waals surface area (Å²) < 4.78 is 0. The van der Waals surface area contributed by atoms with Gasteiger partial charge in [-0.2, -0.15) is 0 Å². The van der Waals surface area contributed by atoms with Crippen LogP contribution < -0.4 is 11.1 Å². The molecule has 0 saturated heterocycles. The lowest BCUT2D eigenvalue weighted by Crippen LogP contribution is -2.54. The molecule has 5 nitrogen and oxygen atoms in total. The lowest BCUT2D eigenvalue weighted by atomic mass is 9.95. The van der Waals surface area contributed by atoms with Crippen LogP contribution in [0.25, 0.3) is 0 Å². The van der Waals surface area contributed by atoms with E-state index in [1.165, 1.54) is 0 Å². The summed E-state index contributed by atoms with van der Waals surface area (Å²) in [6, 6.07) is 7.10. The number of carboxylic acid groups (broad SMARTS) is 1. The van der Waals surface area contributed by atoms with Gasteiger partial charge in [0.25, 0.3) is 5.91 Å². The molecule has 1 aliphatic carbocycles. The Bertz CT molecular complexity index is 508. The van der Waals surface area contributed by atoms with Gasteiger partial charge in [-0.05, 0) is 56.3 Å². The van der Waals surface area contributed by atoms with E-state index in [1.807, 2.05) is 12.1 Å². The van der Waals surface area contributed by atoms with E-state index in [-0.39, 0.29) is 11.8 Å². The minimum absolute atomic E-state index is 0.0282. The highest BCUT2D eigenvalue weighted by Crippen LogP contribution is 2.39. The topological polar surface area (TPSA) is 92.4 Å². The SMILES string of the molecule is CC(NC(=O)c1ccc(CCN)cc1)(C(=O)O)C1CC1. The maximum absolute atomic E-state index is 12.2. The van der Waals surface area contributed by atoms with E-state index in [2.05, 4.69) is 5.32 Å². The zero-order valence-corrected chi connectivity index (χ0v) is 11.6. The third-order valence-corrected chi connectivity index (χ3v) is 3.86. The number of hydrogen-bond donors (Lipinski definition) is 3. The van der Waals surface area contributed by atoms with Crippen LogP contribution in [0, 0.1) is 5.92 Å². The number of nitrogens with two attached hydrogens (primary N) is 1. The van der Waals surface area contributed by atoms with E-state index < -0.39 is 11.5 Å². The number of aliphatic carboxylic acids is 1. The second kappa shape index (κ2) is 5.63. The maximum atomic E-state index is 12.2. The van der Waals surface area contributed by atoms with Crippen molar-refractivity contribution in [3.05, 3.63) is 35.4 Å². The van der Waals surface area contributed by atoms with Gasteiger partial charge in [0.05, 0.1) is 0 Å². The summed E-state index contributed by atoms with van der Waals surface area (Å²) in [6.07, 6.45) is 2.45. The first-order chi connectivity index (χ1) is 9.47. The maximum Gasteiger partial charge on any atom is 0.329 e. The summed E-state index contributed by atoms with van der Waals surface area (Å²) in [5, 5.41) is 12.0. The van der Waals surface area contributed by atoms with Crippen molar-refractivity contribution >= 4 is 11.9 Å². The summed E-state index contributed by atoms with van der Waals surface area (Å²) in [5.41, 5.74) is 5.83. The second-order valence-electron chi connectivity index (χ2n) is 5.47. The molecular weight excluding hydrogens is 256 g/mol. The largest absolute Gasteiger partial charge is 0.480 e. The van der Waals surface area contributed by atoms with E-state index in [4.69, 9.17) is 5.73 Å². The first kappa shape index (κ1) is 14.5. The predicted molar refractivity (Wildman–Crippen MR) is 75.4 cm³/mol. The quantitative estimate of drug-likeness (QED) is 0.727. The van der Waals surface area contributed by atoms with Crippen molar-refractivity contribution in [3.8, 4) is 0 Å². The molecular formula is C15H20N2O3. The van der Waals surface area contributed by atoms with Gasteiger partial charge in [0, 0.05) is 5.56 Å². The van der Waals surface area contributed by atoms with Crippen molar-refractivity contribution in [2.45, 2.75) is 31.7 Å². The monoisotopic (exact) mass is 276 g/mol. The molecule has 1 fully saturated rings. The average molecular weight is 276 g/mol. The molecule has 0 heterocycles. The third-order valence-electron chi connectivity index (χ3n) is 3.86. The number of hydrogen-bond acceptors (Lipinski definition) is 3. The van der Waals surface area contributed by atoms with Crippen LogP contribution in [0.2, 0.25) is 0 Å². The number of amides is 1. The zero-order valence-electron chi connectivity index (χ0n) is 11.6. The van der Waals surface area contributed by atoms with Gasteiger partial charge in [-0.3, -0.25) is 4.79 Å². The van der Waals surface area contributed by atoms with Crippen molar-refractivity contribution < 1.29 is 14.7 Å². The molecule has 1 atom stereocenters. The van der Waals surface area contributed by atoms with E-state index >= 15 is 0 Å². The molecule has 1 saturated carbocycles. The fourth-order valence-electron chi connectivity index (χ4n) is 2.29. The Kier molecular flexibility index (Phi) is 4.09. The lowest BCUT2D eigenvalue weighted by molar-refractivity contribution is -0.144. The van der Waals surface area contributed by atoms with Crippen LogP contribution in [-0.4, -0.2) is 29.1 Å². The molecule has 20 heavy (non-hydrogen) atoms. The minimum Gasteiger partial charge on any atom is -0.480 e. The number of nitrogens with one attached hydrogen (secondary N) is 1. The van der Waals surface area contributed by atoms with Gasteiger partial charge < -0.3 is 16.2 Å². The van der Waals surface area contributed by atoms with Crippen LogP contribution in [-0.2, 0) is 11.2 Å². The first-order valence-corrected chi connectivity index (χ1v) is 6.82. The number of rotatable bonds is 6. The van der Waals surface area contributed by atoms with Gasteiger partial charge in [-0.15, -0.1) is 0 Å². The zero-order chi connectivity index (χ0) is 14.8. The van der Waals surface area contributed by atoms with Crippen LogP contribution >= 0.6 is 0 Å². The van der Waals surface area contributed by atoms with Gasteiger partial charge in [-0.1, -0.05) is 12.1 Å². The summed E-state index contributed by atoms with van der Waals surface area (Å²) in [4.78, 5) is 23.5. The molecule has 1 aromatic rings. The summed E-state index contributed by atoms with van der Waals surface area (Å²) in [6.45, 7) is 2.14. The number of benzene rings is 1. The number of carboxylic acids is 1. The summed E-state index contributed by atoms with van der Waals surface area (Å²) in [7, 11) is 0. The van der Waals surface area contributed by atoms with Gasteiger partial charge >= 0.3 is 5.97 Å². The highest BCUT2D eigenvalue weighted by atomic mass is 16.4. The van der Waals surface area contributed by atoms with E-state index in [1.54, 1.807) is 19.1 Å². The van der Waals surface area contributed by atoms with Gasteiger partial charge in [-0.25, -0.2) is 4.79 Å². The molecule has 108 valence electrons. The Morgan fingerprint density at radius 3 is 2.40 bits per heavy atom. The molecule has 4 N–H and O–H groups in total. The van der Waals surface area contributed by atoms with Crippen molar-refractivity contribution in [3.63, 3.8) is 0 Å². The standard InChI is InChI=1S/C15H20N2O3/c1-15(14(19)20,12-6-7-12)17-13(18)11-4-2-10(3-5-11)8-9-16/h2-5,12H,6-9,16H2,1H3,(H,17,18)(H,19,20). The molecule has 0 spiro atoms. The molecule has 0 aliphatic heterocycles. The van der Waals surface area contributed by atoms with Crippen molar-refractivity contribution in [1.29, 1.82) is 0 Å². The van der Waals surface area contributed by atoms with Crippen LogP contribution in [0.15, 0.2) is 24.3 Å². The molecule has 0 radical (unpaired) electrons. The summed E-state index contributed by atoms with van der Waals surface area (Å²) >= 11 is 0. The smallest absolute Gasteiger partial charge is 0.329 e. The normalized spacial score (nSPS) is 17.3. The third kappa shape index (κ3) is 2.99. The van der Waals surface area contributed by atoms with Crippen LogP contribution in [0.4, 0.5) is 0 Å². The van der Waals surface area contributed by atoms with Crippen LogP contribution in [0.1, 0.15) is 35.7 Å². The van der Waals surface area contributed by atoms with Crippen molar-refractivity contribution in [2.24, 2.45) is 11.7 Å². The lowest BCUT2D eigenvalue weighted by Gasteiger charge is -2.26. The fourth-order valence-corrected chi connectivity index (χ4v) is 2.29. The molecule has 1 amide bonds. The van der Waals surface area contributed by atoms with E-state index in [9.17, 15) is 14.7 Å². The molecule has 0 bridgehead atoms. The average Bonchev–Trinajstić information content (AvgIpc) is 3.24. The predicted octanol–water partition coefficient (Wildman–Crippen LogP) is 1.17. The molecule has 1 aliphatic rings. The van der Waals surface area contributed by atoms with Gasteiger partial charge in [0.2, 0.25) is 0 Å². The first-order valence-electron chi connectivity index (χ1n) is 6.82. The van der Waals surface area contributed by atoms with Crippen LogP contribution in [0.5, 0.6) is 0 Å².